The van der Waals surface area contributed by atoms with Gasteiger partial charge in [-0.1, -0.05) is 0 Å². The summed E-state index contributed by atoms with van der Waals surface area (Å²) in [7, 11) is 0. The van der Waals surface area contributed by atoms with Gasteiger partial charge in [-0.05, 0) is 0 Å². The number of aldehydes is 1. The van der Waals surface area contributed by atoms with Crippen LogP contribution in [0.1, 0.15) is 0 Å². The second-order valence-corrected chi connectivity index (χ2v) is 2.04. The summed E-state index contributed by atoms with van der Waals surface area (Å²) in [5.74, 6) is -3.51. The van der Waals surface area contributed by atoms with Crippen LogP contribution < -0.4 is 0 Å². The van der Waals surface area contributed by atoms with E-state index in [2.05, 4.69) is 0 Å². The molecule has 0 bridgehead atoms. The maximum absolute atomic E-state index is 12.3. The van der Waals surface area contributed by atoms with Crippen molar-refractivity contribution in [2.75, 3.05) is 6.61 Å². The molecule has 0 heterocycles. The van der Waals surface area contributed by atoms with Crippen molar-refractivity contribution in [3.63, 3.8) is 0 Å². The SMILES string of the molecule is O=C[C@@](O)(F)[C@H](O)[C@H](O)CO. The highest BCUT2D eigenvalue weighted by atomic mass is 19.2. The van der Waals surface area contributed by atoms with Crippen LogP contribution in [-0.2, 0) is 4.79 Å². The Bertz CT molecular complexity index is 137. The van der Waals surface area contributed by atoms with E-state index in [0.717, 1.165) is 0 Å². The van der Waals surface area contributed by atoms with Crippen molar-refractivity contribution < 1.29 is 29.6 Å². The molecule has 66 valence electrons. The van der Waals surface area contributed by atoms with E-state index < -0.39 is 31.0 Å². The fourth-order valence-corrected chi connectivity index (χ4v) is 0.439. The number of alkyl halides is 1. The fraction of sp³-hybridized carbons (Fsp3) is 0.800. The average Bonchev–Trinajstić information content (AvgIpc) is 2.01. The first-order valence-corrected chi connectivity index (χ1v) is 2.80. The van der Waals surface area contributed by atoms with Crippen molar-refractivity contribution in [3.05, 3.63) is 0 Å². The van der Waals surface area contributed by atoms with Crippen LogP contribution in [0.2, 0.25) is 0 Å². The van der Waals surface area contributed by atoms with Gasteiger partial charge in [0.1, 0.15) is 12.2 Å². The molecule has 0 unspecified atom stereocenters. The minimum atomic E-state index is -3.51. The molecule has 0 aromatic heterocycles. The van der Waals surface area contributed by atoms with Gasteiger partial charge >= 0.3 is 0 Å². The van der Waals surface area contributed by atoms with Crippen molar-refractivity contribution in [1.82, 2.24) is 0 Å². The number of halogens is 1. The quantitative estimate of drug-likeness (QED) is 0.349. The highest BCUT2D eigenvalue weighted by Gasteiger charge is 2.39. The summed E-state index contributed by atoms with van der Waals surface area (Å²) in [6.45, 7) is -0.943. The van der Waals surface area contributed by atoms with Crippen molar-refractivity contribution in [3.8, 4) is 0 Å². The molecule has 0 aliphatic carbocycles. The molecule has 0 saturated heterocycles. The molecule has 0 aromatic carbocycles. The van der Waals surface area contributed by atoms with E-state index in [-0.39, 0.29) is 0 Å². The predicted octanol–water partition coefficient (Wildman–Crippen LogP) is -2.44. The first kappa shape index (κ1) is 10.4. The lowest BCUT2D eigenvalue weighted by Crippen LogP contribution is -2.48. The molecule has 0 saturated carbocycles. The van der Waals surface area contributed by atoms with Gasteiger partial charge in [-0.25, -0.2) is 4.39 Å². The molecule has 0 spiro atoms. The van der Waals surface area contributed by atoms with Crippen LogP contribution in [0, 0.1) is 0 Å². The van der Waals surface area contributed by atoms with Gasteiger partial charge in [0.15, 0.2) is 6.29 Å². The number of aliphatic hydroxyl groups excluding tert-OH is 3. The standard InChI is InChI=1S/C5H9FO5/c6-5(11,2-8)4(10)3(9)1-7/h2-4,7,9-11H,1H2/t3-,4-,5+/m1/s1. The van der Waals surface area contributed by atoms with Gasteiger partial charge in [0.25, 0.3) is 5.85 Å². The molecule has 0 aliphatic heterocycles. The van der Waals surface area contributed by atoms with Gasteiger partial charge in [0.2, 0.25) is 0 Å². The van der Waals surface area contributed by atoms with Gasteiger partial charge in [0.05, 0.1) is 6.61 Å². The van der Waals surface area contributed by atoms with E-state index >= 15 is 0 Å². The Morgan fingerprint density at radius 3 is 2.27 bits per heavy atom. The van der Waals surface area contributed by atoms with Crippen molar-refractivity contribution in [1.29, 1.82) is 0 Å². The third-order valence-electron chi connectivity index (χ3n) is 1.13. The molecule has 0 aromatic rings. The lowest BCUT2D eigenvalue weighted by atomic mass is 10.1. The Hall–Kier alpha value is -0.560. The molecule has 0 fully saturated rings. The maximum Gasteiger partial charge on any atom is 0.291 e. The first-order valence-electron chi connectivity index (χ1n) is 2.80. The molecule has 11 heavy (non-hydrogen) atoms. The average molecular weight is 168 g/mol. The summed E-state index contributed by atoms with van der Waals surface area (Å²) >= 11 is 0. The summed E-state index contributed by atoms with van der Waals surface area (Å²) in [5.41, 5.74) is 0. The molecule has 5 nitrogen and oxygen atoms in total. The molecular weight excluding hydrogens is 159 g/mol. The van der Waals surface area contributed by atoms with Crippen molar-refractivity contribution >= 4 is 6.29 Å². The molecule has 3 atom stereocenters. The van der Waals surface area contributed by atoms with Gasteiger partial charge in [0, 0.05) is 0 Å². The second-order valence-electron chi connectivity index (χ2n) is 2.04. The summed E-state index contributed by atoms with van der Waals surface area (Å²) in [6.07, 6.45) is -4.77. The Balaban J connectivity index is 4.21. The second kappa shape index (κ2) is 3.72. The highest BCUT2D eigenvalue weighted by Crippen LogP contribution is 2.12. The minimum absolute atomic E-state index is 0.559. The normalized spacial score (nSPS) is 21.9. The van der Waals surface area contributed by atoms with Crippen LogP contribution in [0.15, 0.2) is 0 Å². The number of carbonyl (C=O) groups is 1. The Labute approximate surface area is 61.7 Å². The van der Waals surface area contributed by atoms with Crippen LogP contribution in [0.3, 0.4) is 0 Å². The van der Waals surface area contributed by atoms with Gasteiger partial charge < -0.3 is 20.4 Å². The zero-order valence-electron chi connectivity index (χ0n) is 5.51. The Kier molecular flexibility index (Phi) is 3.53. The van der Waals surface area contributed by atoms with E-state index in [4.69, 9.17) is 20.4 Å². The van der Waals surface area contributed by atoms with E-state index in [1.807, 2.05) is 0 Å². The lowest BCUT2D eigenvalue weighted by molar-refractivity contribution is -0.195. The van der Waals surface area contributed by atoms with Crippen molar-refractivity contribution in [2.24, 2.45) is 0 Å². The molecule has 6 heteroatoms. The van der Waals surface area contributed by atoms with E-state index in [1.165, 1.54) is 0 Å². The smallest absolute Gasteiger partial charge is 0.291 e. The fourth-order valence-electron chi connectivity index (χ4n) is 0.439. The Morgan fingerprint density at radius 1 is 1.55 bits per heavy atom. The number of aliphatic hydroxyl groups is 4. The van der Waals surface area contributed by atoms with E-state index in [1.54, 1.807) is 0 Å². The minimum Gasteiger partial charge on any atom is -0.394 e. The summed E-state index contributed by atoms with van der Waals surface area (Å²) in [6, 6.07) is 0. The van der Waals surface area contributed by atoms with Crippen LogP contribution in [0.25, 0.3) is 0 Å². The van der Waals surface area contributed by atoms with Crippen molar-refractivity contribution in [2.45, 2.75) is 18.1 Å². The highest BCUT2D eigenvalue weighted by molar-refractivity contribution is 5.60. The van der Waals surface area contributed by atoms with Gasteiger partial charge in [-0.15, -0.1) is 0 Å². The molecule has 0 aliphatic rings. The Morgan fingerprint density at radius 2 is 2.00 bits per heavy atom. The maximum atomic E-state index is 12.3. The number of hydrogen-bond donors (Lipinski definition) is 4. The third-order valence-corrected chi connectivity index (χ3v) is 1.13. The van der Waals surface area contributed by atoms with Gasteiger partial charge in [-0.3, -0.25) is 4.79 Å². The van der Waals surface area contributed by atoms with Crippen LogP contribution in [0.5, 0.6) is 0 Å². The number of rotatable bonds is 4. The van der Waals surface area contributed by atoms with E-state index in [0.29, 0.717) is 0 Å². The largest absolute Gasteiger partial charge is 0.394 e. The third kappa shape index (κ3) is 2.51. The monoisotopic (exact) mass is 168 g/mol. The summed E-state index contributed by atoms with van der Waals surface area (Å²) < 4.78 is 12.3. The van der Waals surface area contributed by atoms with Crippen LogP contribution in [-0.4, -0.2) is 51.4 Å². The molecule has 4 N–H and O–H groups in total. The molecular formula is C5H9FO5. The molecule has 0 rings (SSSR count). The molecule has 0 radical (unpaired) electrons. The number of carbonyl (C=O) groups excluding carboxylic acids is 1. The molecule has 0 amide bonds. The number of hydrogen-bond acceptors (Lipinski definition) is 5. The van der Waals surface area contributed by atoms with Crippen LogP contribution >= 0.6 is 0 Å². The topological polar surface area (TPSA) is 98.0 Å². The van der Waals surface area contributed by atoms with E-state index in [9.17, 15) is 9.18 Å². The predicted molar refractivity (Wildman–Crippen MR) is 31.2 cm³/mol. The lowest BCUT2D eigenvalue weighted by Gasteiger charge is -2.22. The first-order chi connectivity index (χ1) is 4.95. The summed E-state index contributed by atoms with van der Waals surface area (Å²) in [4.78, 5) is 9.71. The zero-order chi connectivity index (χ0) is 9.07. The summed E-state index contributed by atoms with van der Waals surface area (Å²) in [5, 5.41) is 33.6. The zero-order valence-corrected chi connectivity index (χ0v) is 5.51. The van der Waals surface area contributed by atoms with Gasteiger partial charge in [-0.2, -0.15) is 0 Å². The van der Waals surface area contributed by atoms with Crippen LogP contribution in [0.4, 0.5) is 4.39 Å².